The molecule has 1 N–H and O–H groups in total. The van der Waals surface area contributed by atoms with Crippen LogP contribution in [0.1, 0.15) is 12.5 Å². The Morgan fingerprint density at radius 1 is 1.36 bits per heavy atom. The van der Waals surface area contributed by atoms with Crippen LogP contribution in [0.15, 0.2) is 30.3 Å². The minimum absolute atomic E-state index is 0.134. The fraction of sp³-hybridized carbons (Fsp3) is 0.200. The molecule has 1 amide bonds. The van der Waals surface area contributed by atoms with Gasteiger partial charge in [-0.15, -0.1) is 0 Å². The number of thiocarbonyl (C=S) groups is 1. The van der Waals surface area contributed by atoms with Gasteiger partial charge in [-0.05, 0) is 0 Å². The summed E-state index contributed by atoms with van der Waals surface area (Å²) >= 11 is 5.17. The lowest BCUT2D eigenvalue weighted by Crippen LogP contribution is -2.41. The van der Waals surface area contributed by atoms with Crippen molar-refractivity contribution in [2.24, 2.45) is 0 Å². The van der Waals surface area contributed by atoms with Gasteiger partial charge in [0.2, 0.25) is 5.91 Å². The second-order valence-corrected chi connectivity index (χ2v) is 3.28. The van der Waals surface area contributed by atoms with E-state index in [1.165, 1.54) is 11.9 Å². The van der Waals surface area contributed by atoms with E-state index in [4.69, 9.17) is 12.2 Å². The van der Waals surface area contributed by atoms with Gasteiger partial charge in [0.15, 0.2) is 0 Å². The lowest BCUT2D eigenvalue weighted by Gasteiger charge is -2.19. The molecule has 74 valence electrons. The number of benzene rings is 1. The van der Waals surface area contributed by atoms with Crippen LogP contribution in [0.5, 0.6) is 0 Å². The Morgan fingerprint density at radius 2 is 1.93 bits per heavy atom. The van der Waals surface area contributed by atoms with E-state index in [-0.39, 0.29) is 5.91 Å². The summed E-state index contributed by atoms with van der Waals surface area (Å²) in [6, 6.07) is 9.54. The second kappa shape index (κ2) is 4.72. The first-order chi connectivity index (χ1) is 6.61. The molecule has 3 nitrogen and oxygen atoms in total. The maximum Gasteiger partial charge on any atom is 0.235 e. The minimum atomic E-state index is -0.134. The minimum Gasteiger partial charge on any atom is -0.277 e. The van der Waals surface area contributed by atoms with Crippen LogP contribution in [-0.4, -0.2) is 23.0 Å². The monoisotopic (exact) mass is 208 g/mol. The van der Waals surface area contributed by atoms with Gasteiger partial charge in [0.1, 0.15) is 4.99 Å². The molecule has 0 unspecified atom stereocenters. The van der Waals surface area contributed by atoms with Crippen LogP contribution in [0.25, 0.3) is 0 Å². The summed E-state index contributed by atoms with van der Waals surface area (Å²) < 4.78 is 0. The van der Waals surface area contributed by atoms with E-state index in [1.807, 2.05) is 30.3 Å². The van der Waals surface area contributed by atoms with Crippen LogP contribution in [0, 0.1) is 0 Å². The van der Waals surface area contributed by atoms with Crippen molar-refractivity contribution in [1.82, 2.24) is 10.4 Å². The third-order valence-corrected chi connectivity index (χ3v) is 2.16. The molecule has 4 heteroatoms. The molecule has 0 bridgehead atoms. The van der Waals surface area contributed by atoms with Crippen molar-refractivity contribution >= 4 is 23.1 Å². The number of carbonyl (C=O) groups excluding carboxylic acids is 1. The Bertz CT molecular complexity index is 337. The zero-order valence-corrected chi connectivity index (χ0v) is 8.97. The molecule has 14 heavy (non-hydrogen) atoms. The van der Waals surface area contributed by atoms with Crippen LogP contribution in [-0.2, 0) is 4.79 Å². The molecule has 0 saturated carbocycles. The molecule has 0 saturated heterocycles. The third kappa shape index (κ3) is 2.81. The standard InChI is InChI=1S/C10H12N2OS/c1-8(13)11-12(2)10(14)9-6-4-3-5-7-9/h3-7H,1-2H3,(H,11,13). The average molecular weight is 208 g/mol. The summed E-state index contributed by atoms with van der Waals surface area (Å²) in [6.07, 6.45) is 0. The molecule has 0 heterocycles. The van der Waals surface area contributed by atoms with Gasteiger partial charge in [0.05, 0.1) is 0 Å². The van der Waals surface area contributed by atoms with Gasteiger partial charge in [-0.2, -0.15) is 0 Å². The second-order valence-electron chi connectivity index (χ2n) is 2.90. The van der Waals surface area contributed by atoms with Gasteiger partial charge < -0.3 is 0 Å². The molecule has 0 radical (unpaired) electrons. The van der Waals surface area contributed by atoms with Crippen LogP contribution < -0.4 is 5.43 Å². The lowest BCUT2D eigenvalue weighted by atomic mass is 10.2. The fourth-order valence-electron chi connectivity index (χ4n) is 1.06. The Balaban J connectivity index is 2.71. The third-order valence-electron chi connectivity index (χ3n) is 1.65. The molecule has 0 aliphatic carbocycles. The van der Waals surface area contributed by atoms with Gasteiger partial charge in [0.25, 0.3) is 0 Å². The lowest BCUT2D eigenvalue weighted by molar-refractivity contribution is -0.121. The number of nitrogens with zero attached hydrogens (tertiary/aromatic N) is 1. The summed E-state index contributed by atoms with van der Waals surface area (Å²) in [5.74, 6) is -0.134. The predicted octanol–water partition coefficient (Wildman–Crippen LogP) is 1.35. The van der Waals surface area contributed by atoms with Crippen LogP contribution in [0.3, 0.4) is 0 Å². The molecule has 1 rings (SSSR count). The topological polar surface area (TPSA) is 32.3 Å². The number of hydrazine groups is 1. The molecular formula is C10H12N2OS. The van der Waals surface area contributed by atoms with Crippen molar-refractivity contribution in [3.63, 3.8) is 0 Å². The summed E-state index contributed by atoms with van der Waals surface area (Å²) in [7, 11) is 1.72. The van der Waals surface area contributed by atoms with E-state index >= 15 is 0 Å². The highest BCUT2D eigenvalue weighted by Gasteiger charge is 2.06. The first kappa shape index (κ1) is 10.7. The molecule has 0 atom stereocenters. The van der Waals surface area contributed by atoms with Gasteiger partial charge in [-0.3, -0.25) is 15.2 Å². The van der Waals surface area contributed by atoms with Crippen molar-refractivity contribution in [3.8, 4) is 0 Å². The van der Waals surface area contributed by atoms with Gasteiger partial charge >= 0.3 is 0 Å². The highest BCUT2D eigenvalue weighted by atomic mass is 32.1. The van der Waals surface area contributed by atoms with Gasteiger partial charge in [-0.1, -0.05) is 42.5 Å². The smallest absolute Gasteiger partial charge is 0.235 e. The fourth-order valence-corrected chi connectivity index (χ4v) is 1.24. The maximum atomic E-state index is 10.8. The SMILES string of the molecule is CC(=O)NN(C)C(=S)c1ccccc1. The molecule has 0 spiro atoms. The van der Waals surface area contributed by atoms with Gasteiger partial charge in [0, 0.05) is 19.5 Å². The summed E-state index contributed by atoms with van der Waals surface area (Å²) in [4.78, 5) is 11.4. The molecule has 0 aliphatic rings. The molecule has 1 aromatic rings. The molecule has 1 aromatic carbocycles. The van der Waals surface area contributed by atoms with Crippen LogP contribution >= 0.6 is 12.2 Å². The van der Waals surface area contributed by atoms with E-state index in [1.54, 1.807) is 7.05 Å². The van der Waals surface area contributed by atoms with Crippen LogP contribution in [0.2, 0.25) is 0 Å². The van der Waals surface area contributed by atoms with E-state index in [0.29, 0.717) is 4.99 Å². The summed E-state index contributed by atoms with van der Waals surface area (Å²) in [6.45, 7) is 1.45. The first-order valence-corrected chi connectivity index (χ1v) is 4.62. The number of hydrogen-bond donors (Lipinski definition) is 1. The van der Waals surface area contributed by atoms with Crippen molar-refractivity contribution in [2.75, 3.05) is 7.05 Å². The number of amides is 1. The number of rotatable bonds is 1. The number of nitrogens with one attached hydrogen (secondary N) is 1. The largest absolute Gasteiger partial charge is 0.277 e. The molecule has 0 fully saturated rings. The summed E-state index contributed by atoms with van der Waals surface area (Å²) in [5, 5.41) is 1.53. The number of hydrogen-bond acceptors (Lipinski definition) is 2. The zero-order chi connectivity index (χ0) is 10.6. The van der Waals surface area contributed by atoms with Crippen molar-refractivity contribution < 1.29 is 4.79 Å². The Morgan fingerprint density at radius 3 is 2.43 bits per heavy atom. The van der Waals surface area contributed by atoms with E-state index in [0.717, 1.165) is 5.56 Å². The first-order valence-electron chi connectivity index (χ1n) is 4.21. The maximum absolute atomic E-state index is 10.8. The number of carbonyl (C=O) groups is 1. The Labute approximate surface area is 88.7 Å². The Hall–Kier alpha value is -1.42. The molecule has 0 aromatic heterocycles. The van der Waals surface area contributed by atoms with E-state index in [9.17, 15) is 4.79 Å². The van der Waals surface area contributed by atoms with E-state index in [2.05, 4.69) is 5.43 Å². The van der Waals surface area contributed by atoms with Gasteiger partial charge in [-0.25, -0.2) is 0 Å². The molecular weight excluding hydrogens is 196 g/mol. The van der Waals surface area contributed by atoms with Crippen LogP contribution in [0.4, 0.5) is 0 Å². The highest BCUT2D eigenvalue weighted by Crippen LogP contribution is 2.02. The van der Waals surface area contributed by atoms with Crippen molar-refractivity contribution in [3.05, 3.63) is 35.9 Å². The zero-order valence-electron chi connectivity index (χ0n) is 8.15. The Kier molecular flexibility index (Phi) is 3.59. The van der Waals surface area contributed by atoms with Crippen molar-refractivity contribution in [2.45, 2.75) is 6.92 Å². The summed E-state index contributed by atoms with van der Waals surface area (Å²) in [5.41, 5.74) is 3.51. The average Bonchev–Trinajstić information content (AvgIpc) is 2.17. The predicted molar refractivity (Wildman–Crippen MR) is 59.7 cm³/mol. The van der Waals surface area contributed by atoms with E-state index < -0.39 is 0 Å². The quantitative estimate of drug-likeness (QED) is 0.558. The van der Waals surface area contributed by atoms with Crippen molar-refractivity contribution in [1.29, 1.82) is 0 Å². The highest BCUT2D eigenvalue weighted by molar-refractivity contribution is 7.80. The molecule has 0 aliphatic heterocycles. The normalized spacial score (nSPS) is 9.29.